The molecule has 2 saturated carbocycles. The molecule has 2 aromatic heterocycles. The molecule has 3 heterocycles. The van der Waals surface area contributed by atoms with E-state index in [1.807, 2.05) is 25.3 Å². The first-order valence-corrected chi connectivity index (χ1v) is 11.9. The molecule has 1 saturated heterocycles. The highest BCUT2D eigenvalue weighted by molar-refractivity contribution is 7.58. The predicted molar refractivity (Wildman–Crippen MR) is 103 cm³/mol. The molecule has 152 valence electrons. The SMILES string of the molecule is CCOP(C)(=O)C[C@]12C[C@@H]1[C@@H](n1cnc3c(N)ncnc31)[C@@H]1OC(C)(C)O[C@@H]12. The summed E-state index contributed by atoms with van der Waals surface area (Å²) in [5.41, 5.74) is 7.04. The number of aromatic nitrogens is 4. The number of nitrogens with two attached hydrogens (primary N) is 1. The largest absolute Gasteiger partial charge is 0.382 e. The summed E-state index contributed by atoms with van der Waals surface area (Å²) in [5, 5.41) is 0. The minimum atomic E-state index is -2.72. The van der Waals surface area contributed by atoms with E-state index in [0.29, 0.717) is 29.8 Å². The van der Waals surface area contributed by atoms with Gasteiger partial charge in [-0.15, -0.1) is 0 Å². The number of rotatable bonds is 5. The van der Waals surface area contributed by atoms with Gasteiger partial charge in [0.1, 0.15) is 17.9 Å². The first kappa shape index (κ1) is 18.5. The Labute approximate surface area is 163 Å². The predicted octanol–water partition coefficient (Wildman–Crippen LogP) is 2.43. The monoisotopic (exact) mass is 407 g/mol. The molecule has 0 radical (unpaired) electrons. The highest BCUT2D eigenvalue weighted by Gasteiger charge is 2.76. The Bertz CT molecular complexity index is 994. The van der Waals surface area contributed by atoms with Crippen molar-refractivity contribution in [3.63, 3.8) is 0 Å². The maximum Gasteiger partial charge on any atom is 0.200 e. The van der Waals surface area contributed by atoms with Crippen molar-refractivity contribution in [3.8, 4) is 0 Å². The summed E-state index contributed by atoms with van der Waals surface area (Å²) >= 11 is 0. The van der Waals surface area contributed by atoms with Crippen molar-refractivity contribution in [1.29, 1.82) is 0 Å². The molecule has 28 heavy (non-hydrogen) atoms. The molecule has 9 nitrogen and oxygen atoms in total. The Balaban J connectivity index is 1.57. The summed E-state index contributed by atoms with van der Waals surface area (Å²) < 4.78 is 33.3. The van der Waals surface area contributed by atoms with Crippen LogP contribution in [-0.2, 0) is 18.6 Å². The molecule has 3 aliphatic rings. The van der Waals surface area contributed by atoms with Crippen LogP contribution in [0.3, 0.4) is 0 Å². The fraction of sp³-hybridized carbons (Fsp3) is 0.722. The molecule has 3 fully saturated rings. The quantitative estimate of drug-likeness (QED) is 0.752. The van der Waals surface area contributed by atoms with Crippen molar-refractivity contribution in [1.82, 2.24) is 19.5 Å². The van der Waals surface area contributed by atoms with Crippen molar-refractivity contribution in [3.05, 3.63) is 12.7 Å². The van der Waals surface area contributed by atoms with Gasteiger partial charge in [0, 0.05) is 18.2 Å². The number of anilines is 1. The first-order valence-electron chi connectivity index (χ1n) is 9.67. The van der Waals surface area contributed by atoms with E-state index in [1.165, 1.54) is 6.33 Å². The summed E-state index contributed by atoms with van der Waals surface area (Å²) in [5.74, 6) is -0.0679. The third-order valence-electron chi connectivity index (χ3n) is 6.31. The number of hydrogen-bond donors (Lipinski definition) is 1. The van der Waals surface area contributed by atoms with Gasteiger partial charge in [-0.05, 0) is 33.1 Å². The van der Waals surface area contributed by atoms with Crippen molar-refractivity contribution in [2.75, 3.05) is 25.2 Å². The third kappa shape index (κ3) is 2.56. The van der Waals surface area contributed by atoms with Crippen molar-refractivity contribution in [2.45, 2.75) is 51.2 Å². The number of hydrogen-bond acceptors (Lipinski definition) is 8. The van der Waals surface area contributed by atoms with Gasteiger partial charge in [-0.2, -0.15) is 0 Å². The topological polar surface area (TPSA) is 114 Å². The summed E-state index contributed by atoms with van der Waals surface area (Å²) in [6.07, 6.45) is 4.33. The van der Waals surface area contributed by atoms with Crippen molar-refractivity contribution < 1.29 is 18.6 Å². The van der Waals surface area contributed by atoms with Gasteiger partial charge < -0.3 is 24.3 Å². The lowest BCUT2D eigenvalue weighted by atomic mass is 10.0. The van der Waals surface area contributed by atoms with Gasteiger partial charge in [-0.1, -0.05) is 0 Å². The molecule has 0 spiro atoms. The van der Waals surface area contributed by atoms with Gasteiger partial charge in [0.25, 0.3) is 0 Å². The lowest BCUT2D eigenvalue weighted by molar-refractivity contribution is -0.160. The molecule has 1 aliphatic heterocycles. The van der Waals surface area contributed by atoms with Crippen LogP contribution in [0.5, 0.6) is 0 Å². The molecule has 1 unspecified atom stereocenters. The van der Waals surface area contributed by atoms with E-state index >= 15 is 0 Å². The molecule has 5 rings (SSSR count). The zero-order valence-electron chi connectivity index (χ0n) is 16.5. The van der Waals surface area contributed by atoms with Crippen LogP contribution in [-0.4, -0.2) is 56.9 Å². The van der Waals surface area contributed by atoms with Crippen molar-refractivity contribution >= 4 is 24.4 Å². The number of ether oxygens (including phenoxy) is 2. The van der Waals surface area contributed by atoms with Gasteiger partial charge in [-0.3, -0.25) is 4.57 Å². The fourth-order valence-electron chi connectivity index (χ4n) is 5.42. The van der Waals surface area contributed by atoms with E-state index in [-0.39, 0.29) is 29.6 Å². The molecule has 0 aromatic carbocycles. The molecular weight excluding hydrogens is 381 g/mol. The zero-order valence-corrected chi connectivity index (χ0v) is 17.4. The van der Waals surface area contributed by atoms with Crippen LogP contribution in [0.15, 0.2) is 12.7 Å². The van der Waals surface area contributed by atoms with Gasteiger partial charge >= 0.3 is 0 Å². The van der Waals surface area contributed by atoms with E-state index in [1.54, 1.807) is 13.0 Å². The van der Waals surface area contributed by atoms with E-state index in [2.05, 4.69) is 15.0 Å². The van der Waals surface area contributed by atoms with E-state index < -0.39 is 13.2 Å². The molecule has 0 amide bonds. The molecule has 2 aliphatic carbocycles. The maximum atomic E-state index is 13.0. The fourth-order valence-corrected chi connectivity index (χ4v) is 7.67. The molecule has 10 heteroatoms. The van der Waals surface area contributed by atoms with Gasteiger partial charge in [0.15, 0.2) is 17.3 Å². The van der Waals surface area contributed by atoms with Gasteiger partial charge in [0.2, 0.25) is 7.37 Å². The van der Waals surface area contributed by atoms with E-state index in [9.17, 15) is 4.57 Å². The Morgan fingerprint density at radius 1 is 1.36 bits per heavy atom. The molecule has 2 aromatic rings. The van der Waals surface area contributed by atoms with Gasteiger partial charge in [0.05, 0.1) is 25.1 Å². The Kier molecular flexibility index (Phi) is 3.80. The van der Waals surface area contributed by atoms with Crippen LogP contribution in [0.2, 0.25) is 0 Å². The number of nitrogen functional groups attached to an aromatic ring is 1. The van der Waals surface area contributed by atoms with Crippen LogP contribution in [0.1, 0.15) is 33.2 Å². The van der Waals surface area contributed by atoms with Crippen LogP contribution in [0.4, 0.5) is 5.82 Å². The van der Waals surface area contributed by atoms with Crippen LogP contribution in [0, 0.1) is 11.3 Å². The lowest BCUT2D eigenvalue weighted by Crippen LogP contribution is -2.33. The molecule has 6 atom stereocenters. The van der Waals surface area contributed by atoms with E-state index in [0.717, 1.165) is 6.42 Å². The second-order valence-electron chi connectivity index (χ2n) is 8.73. The summed E-state index contributed by atoms with van der Waals surface area (Å²) in [7, 11) is -2.72. The Morgan fingerprint density at radius 2 is 2.14 bits per heavy atom. The van der Waals surface area contributed by atoms with Crippen LogP contribution < -0.4 is 5.73 Å². The summed E-state index contributed by atoms with van der Waals surface area (Å²) in [6.45, 7) is 7.89. The van der Waals surface area contributed by atoms with Gasteiger partial charge in [-0.25, -0.2) is 15.0 Å². The van der Waals surface area contributed by atoms with Crippen molar-refractivity contribution in [2.24, 2.45) is 11.3 Å². The molecule has 0 bridgehead atoms. The smallest absolute Gasteiger partial charge is 0.200 e. The first-order chi connectivity index (χ1) is 13.2. The average Bonchev–Trinajstić information content (AvgIpc) is 2.87. The third-order valence-corrected chi connectivity index (χ3v) is 8.28. The Hall–Kier alpha value is -1.54. The lowest BCUT2D eigenvalue weighted by Gasteiger charge is -2.25. The maximum absolute atomic E-state index is 13.0. The number of imidazole rings is 1. The number of fused-ring (bicyclic) bond motifs is 4. The summed E-state index contributed by atoms with van der Waals surface area (Å²) in [6, 6.07) is -0.00676. The van der Waals surface area contributed by atoms with Crippen LogP contribution in [0.25, 0.3) is 11.2 Å². The van der Waals surface area contributed by atoms with Crippen LogP contribution >= 0.6 is 7.37 Å². The zero-order chi connectivity index (χ0) is 19.9. The highest BCUT2D eigenvalue weighted by atomic mass is 31.2. The minimum absolute atomic E-state index is 0.00676. The second-order valence-corrected chi connectivity index (χ2v) is 11.3. The average molecular weight is 407 g/mol. The molecule has 2 N–H and O–H groups in total. The number of nitrogens with zero attached hydrogens (tertiary/aromatic N) is 4. The van der Waals surface area contributed by atoms with E-state index in [4.69, 9.17) is 19.7 Å². The molecular formula is C18H26N5O4P. The highest BCUT2D eigenvalue weighted by Crippen LogP contribution is 2.75. The Morgan fingerprint density at radius 3 is 2.89 bits per heavy atom. The minimum Gasteiger partial charge on any atom is -0.382 e. The standard InChI is InChI=1S/C18H26N5O4P/c1-5-25-28(4,24)7-18-6-10(18)12(13-14(18)27-17(2,3)26-13)23-9-22-11-15(19)20-8-21-16(11)23/h8-10,12-14H,5-7H2,1-4H3,(H2,19,20,21)/t10-,12-,13+,14+,18-,28?/m1/s1. The second kappa shape index (κ2) is 5.75. The normalized spacial score (nSPS) is 37.6. The summed E-state index contributed by atoms with van der Waals surface area (Å²) in [4.78, 5) is 12.9.